The summed E-state index contributed by atoms with van der Waals surface area (Å²) in [6.45, 7) is 0.340. The molecular formula is C20H19BN2O3. The minimum atomic E-state index is -0.283. The second kappa shape index (κ2) is 8.29. The number of hydrogen-bond acceptors (Lipinski definition) is 4. The molecule has 0 spiro atoms. The first-order chi connectivity index (χ1) is 12.7. The van der Waals surface area contributed by atoms with Gasteiger partial charge in [-0.3, -0.25) is 14.6 Å². The normalized spacial score (nSPS) is 10.5. The molecule has 3 aromatic rings. The molecule has 1 aromatic carbocycles. The Kier molecular flexibility index (Phi) is 5.64. The van der Waals surface area contributed by atoms with Crippen LogP contribution in [-0.4, -0.2) is 23.2 Å². The van der Waals surface area contributed by atoms with Crippen LogP contribution in [0.25, 0.3) is 0 Å². The molecule has 0 bridgehead atoms. The van der Waals surface area contributed by atoms with Crippen molar-refractivity contribution in [1.29, 1.82) is 0 Å². The lowest BCUT2D eigenvalue weighted by Crippen LogP contribution is -2.23. The van der Waals surface area contributed by atoms with Crippen molar-refractivity contribution in [2.24, 2.45) is 0 Å². The summed E-state index contributed by atoms with van der Waals surface area (Å²) in [7, 11) is 2.03. The van der Waals surface area contributed by atoms with Gasteiger partial charge in [0.1, 0.15) is 25.9 Å². The molecule has 6 heteroatoms. The van der Waals surface area contributed by atoms with Crippen molar-refractivity contribution in [1.82, 2.24) is 9.55 Å². The Labute approximate surface area is 152 Å². The molecule has 0 fully saturated rings. The zero-order valence-electron chi connectivity index (χ0n) is 14.6. The van der Waals surface area contributed by atoms with Crippen LogP contribution in [0.2, 0.25) is 0 Å². The average molecular weight is 346 g/mol. The van der Waals surface area contributed by atoms with Crippen molar-refractivity contribution in [3.8, 4) is 5.75 Å². The topological polar surface area (TPSA) is 61.2 Å². The summed E-state index contributed by atoms with van der Waals surface area (Å²) in [4.78, 5) is 28.7. The molecule has 0 N–H and O–H groups in total. The minimum absolute atomic E-state index is 0.0454. The number of rotatable bonds is 7. The molecule has 0 saturated heterocycles. The van der Waals surface area contributed by atoms with Crippen LogP contribution >= 0.6 is 0 Å². The molecule has 0 aliphatic heterocycles. The highest BCUT2D eigenvalue weighted by molar-refractivity contribution is 6.08. The molecule has 0 atom stereocenters. The van der Waals surface area contributed by atoms with Crippen molar-refractivity contribution in [2.75, 3.05) is 0 Å². The number of hydrogen-bond donors (Lipinski definition) is 0. The summed E-state index contributed by atoms with van der Waals surface area (Å²) in [6, 6.07) is 16.4. The van der Waals surface area contributed by atoms with Gasteiger partial charge in [0.15, 0.2) is 0 Å². The van der Waals surface area contributed by atoms with Gasteiger partial charge in [-0.15, -0.1) is 0 Å². The molecule has 0 aliphatic carbocycles. The van der Waals surface area contributed by atoms with Gasteiger partial charge in [0.25, 0.3) is 5.56 Å². The van der Waals surface area contributed by atoms with Gasteiger partial charge < -0.3 is 9.30 Å². The van der Waals surface area contributed by atoms with E-state index in [0.717, 1.165) is 17.4 Å². The van der Waals surface area contributed by atoms with Crippen LogP contribution in [0.3, 0.4) is 0 Å². The van der Waals surface area contributed by atoms with Crippen molar-refractivity contribution < 1.29 is 9.53 Å². The third-order valence-electron chi connectivity index (χ3n) is 4.05. The molecule has 5 nitrogen and oxygen atoms in total. The van der Waals surface area contributed by atoms with E-state index >= 15 is 0 Å². The minimum Gasteiger partial charge on any atom is -0.489 e. The smallest absolute Gasteiger partial charge is 0.254 e. The van der Waals surface area contributed by atoms with Crippen LogP contribution in [0, 0.1) is 0 Å². The number of nitrogens with zero attached hydrogens (tertiary/aromatic N) is 2. The van der Waals surface area contributed by atoms with Crippen LogP contribution in [0.4, 0.5) is 0 Å². The van der Waals surface area contributed by atoms with E-state index in [1.54, 1.807) is 24.5 Å². The van der Waals surface area contributed by atoms with Crippen LogP contribution in [0.5, 0.6) is 5.75 Å². The molecule has 2 aromatic heterocycles. The van der Waals surface area contributed by atoms with E-state index in [-0.39, 0.29) is 17.9 Å². The predicted octanol–water partition coefficient (Wildman–Crippen LogP) is 1.84. The van der Waals surface area contributed by atoms with Crippen molar-refractivity contribution in [3.05, 3.63) is 94.2 Å². The quantitative estimate of drug-likeness (QED) is 0.484. The fourth-order valence-corrected chi connectivity index (χ4v) is 2.49. The van der Waals surface area contributed by atoms with Crippen molar-refractivity contribution in [2.45, 2.75) is 19.5 Å². The zero-order valence-corrected chi connectivity index (χ0v) is 14.6. The predicted molar refractivity (Wildman–Crippen MR) is 102 cm³/mol. The number of aromatic nitrogens is 2. The average Bonchev–Trinajstić information content (AvgIpc) is 2.69. The standard InChI is InChI=1S/C20H19BN2O3/c21-11-16-6-7-18(22-12-16)19(24)13-23-9-8-17(10-20(23)25)26-14-15-4-2-1-3-5-15/h1-10,12H,11,13-14,21H2. The maximum Gasteiger partial charge on any atom is 0.254 e. The lowest BCUT2D eigenvalue weighted by molar-refractivity contribution is 0.0966. The van der Waals surface area contributed by atoms with Gasteiger partial charge in [0.2, 0.25) is 5.78 Å². The molecule has 2 heterocycles. The third-order valence-corrected chi connectivity index (χ3v) is 4.05. The highest BCUT2D eigenvalue weighted by atomic mass is 16.5. The fourth-order valence-electron chi connectivity index (χ4n) is 2.49. The fraction of sp³-hybridized carbons (Fsp3) is 0.150. The number of carbonyl (C=O) groups excluding carboxylic acids is 1. The van der Waals surface area contributed by atoms with E-state index in [9.17, 15) is 9.59 Å². The summed E-state index contributed by atoms with van der Waals surface area (Å²) in [6.07, 6.45) is 4.13. The Morgan fingerprint density at radius 1 is 1.08 bits per heavy atom. The Hall–Kier alpha value is -3.15. The lowest BCUT2D eigenvalue weighted by Gasteiger charge is -2.09. The van der Waals surface area contributed by atoms with E-state index in [4.69, 9.17) is 4.74 Å². The highest BCUT2D eigenvalue weighted by Crippen LogP contribution is 2.10. The van der Waals surface area contributed by atoms with Crippen LogP contribution in [-0.2, 0) is 19.5 Å². The molecule has 3 rings (SSSR count). The van der Waals surface area contributed by atoms with Gasteiger partial charge >= 0.3 is 0 Å². The number of benzene rings is 1. The number of ether oxygens (including phenoxy) is 1. The maximum absolute atomic E-state index is 12.3. The summed E-state index contributed by atoms with van der Waals surface area (Å²) < 4.78 is 6.99. The summed E-state index contributed by atoms with van der Waals surface area (Å²) in [5.41, 5.74) is 2.17. The summed E-state index contributed by atoms with van der Waals surface area (Å²) >= 11 is 0. The molecule has 0 unspecified atom stereocenters. The number of pyridine rings is 2. The van der Waals surface area contributed by atoms with Crippen molar-refractivity contribution in [3.63, 3.8) is 0 Å². The van der Waals surface area contributed by atoms with Crippen molar-refractivity contribution >= 4 is 13.6 Å². The van der Waals surface area contributed by atoms with Gasteiger partial charge in [0, 0.05) is 18.5 Å². The molecular weight excluding hydrogens is 327 g/mol. The van der Waals surface area contributed by atoms with Gasteiger partial charge in [0.05, 0.1) is 6.54 Å². The monoisotopic (exact) mass is 346 g/mol. The summed E-state index contributed by atoms with van der Waals surface area (Å²) in [5, 5.41) is 0. The van der Waals surface area contributed by atoms with Gasteiger partial charge in [-0.25, -0.2) is 0 Å². The van der Waals surface area contributed by atoms with E-state index in [0.29, 0.717) is 18.1 Å². The first-order valence-electron chi connectivity index (χ1n) is 8.51. The van der Waals surface area contributed by atoms with Gasteiger partial charge in [-0.2, -0.15) is 0 Å². The third kappa shape index (κ3) is 4.48. The number of ketones is 1. The largest absolute Gasteiger partial charge is 0.489 e. The highest BCUT2D eigenvalue weighted by Gasteiger charge is 2.10. The Balaban J connectivity index is 1.65. The molecule has 0 aliphatic rings. The Morgan fingerprint density at radius 2 is 1.88 bits per heavy atom. The second-order valence-corrected chi connectivity index (χ2v) is 5.93. The van der Waals surface area contributed by atoms with Crippen LogP contribution < -0.4 is 10.3 Å². The molecule has 0 saturated carbocycles. The Bertz CT molecular complexity index is 937. The maximum atomic E-state index is 12.3. The number of carbonyl (C=O) groups is 1. The number of Topliss-reactive ketones (excluding diaryl/α,β-unsaturated/α-hetero) is 1. The molecule has 0 radical (unpaired) electrons. The Morgan fingerprint density at radius 3 is 2.54 bits per heavy atom. The van der Waals surface area contributed by atoms with Crippen LogP contribution in [0.1, 0.15) is 21.6 Å². The molecule has 26 heavy (non-hydrogen) atoms. The molecule has 0 amide bonds. The van der Waals surface area contributed by atoms with Gasteiger partial charge in [-0.1, -0.05) is 42.7 Å². The van der Waals surface area contributed by atoms with Crippen LogP contribution in [0.15, 0.2) is 71.8 Å². The SMILES string of the molecule is BCc1ccc(C(=O)Cn2ccc(OCc3ccccc3)cc2=O)nc1. The lowest BCUT2D eigenvalue weighted by atomic mass is 9.98. The summed E-state index contributed by atoms with van der Waals surface area (Å²) in [5.74, 6) is 0.278. The second-order valence-electron chi connectivity index (χ2n) is 5.93. The first-order valence-corrected chi connectivity index (χ1v) is 8.51. The van der Waals surface area contributed by atoms with E-state index in [1.807, 2.05) is 44.2 Å². The van der Waals surface area contributed by atoms with E-state index in [2.05, 4.69) is 4.98 Å². The van der Waals surface area contributed by atoms with E-state index < -0.39 is 0 Å². The molecule has 130 valence electrons. The first kappa shape index (κ1) is 17.7. The zero-order chi connectivity index (χ0) is 18.4. The van der Waals surface area contributed by atoms with E-state index in [1.165, 1.54) is 10.6 Å². The van der Waals surface area contributed by atoms with Gasteiger partial charge in [-0.05, 0) is 23.3 Å².